The third-order valence-corrected chi connectivity index (χ3v) is 7.63. The van der Waals surface area contributed by atoms with E-state index in [-0.39, 0.29) is 22.0 Å². The van der Waals surface area contributed by atoms with Crippen molar-refractivity contribution in [2.45, 2.75) is 50.6 Å². The fourth-order valence-electron chi connectivity index (χ4n) is 4.74. The molecule has 2 fully saturated rings. The summed E-state index contributed by atoms with van der Waals surface area (Å²) >= 11 is 6.62. The number of rotatable bonds is 4. The lowest BCUT2D eigenvalue weighted by Crippen LogP contribution is -2.47. The molecule has 1 aliphatic carbocycles. The lowest BCUT2D eigenvalue weighted by Gasteiger charge is -2.33. The summed E-state index contributed by atoms with van der Waals surface area (Å²) < 4.78 is 41.9. The molecule has 1 saturated heterocycles. The lowest BCUT2D eigenvalue weighted by atomic mass is 9.91. The van der Waals surface area contributed by atoms with Gasteiger partial charge in [-0.2, -0.15) is 18.3 Å². The van der Waals surface area contributed by atoms with Gasteiger partial charge in [0.25, 0.3) is 11.1 Å². The Kier molecular flexibility index (Phi) is 6.61. The maximum absolute atomic E-state index is 13.5. The van der Waals surface area contributed by atoms with Crippen LogP contribution < -0.4 is 0 Å². The molecule has 2 aliphatic rings. The number of alkyl halides is 3. The first-order valence-electron chi connectivity index (χ1n) is 11.4. The molecule has 6 nitrogen and oxygen atoms in total. The number of carbonyl (C=O) groups excluding carboxylic acids is 2. The van der Waals surface area contributed by atoms with Crippen LogP contribution in [0.1, 0.15) is 42.4 Å². The highest BCUT2D eigenvalue weighted by Crippen LogP contribution is 2.38. The number of aromatic nitrogens is 2. The summed E-state index contributed by atoms with van der Waals surface area (Å²) in [4.78, 5) is 26.9. The van der Waals surface area contributed by atoms with Gasteiger partial charge in [0, 0.05) is 10.4 Å². The zero-order valence-corrected chi connectivity index (χ0v) is 20.4. The van der Waals surface area contributed by atoms with E-state index in [4.69, 9.17) is 11.6 Å². The Balaban J connectivity index is 1.40. The summed E-state index contributed by atoms with van der Waals surface area (Å²) in [6.45, 7) is -0.0997. The van der Waals surface area contributed by atoms with E-state index in [1.54, 1.807) is 30.5 Å². The molecule has 2 aromatic carbocycles. The molecule has 2 heterocycles. The smallest absolute Gasteiger partial charge is 0.391 e. The molecule has 3 aromatic rings. The monoisotopic (exact) mass is 535 g/mol. The second kappa shape index (κ2) is 9.57. The fourth-order valence-corrected chi connectivity index (χ4v) is 5.80. The van der Waals surface area contributed by atoms with Crippen molar-refractivity contribution in [1.29, 1.82) is 0 Å². The number of hydrogen-bond acceptors (Lipinski definition) is 5. The number of aliphatic hydroxyl groups excluding tert-OH is 1. The van der Waals surface area contributed by atoms with Crippen LogP contribution in [-0.2, 0) is 17.5 Å². The van der Waals surface area contributed by atoms with E-state index in [2.05, 4.69) is 5.10 Å². The molecule has 1 unspecified atom stereocenters. The molecular formula is C25H21ClF3N3O3S. The van der Waals surface area contributed by atoms with Gasteiger partial charge < -0.3 is 5.11 Å². The number of hydrogen-bond donors (Lipinski definition) is 1. The molecule has 2 amide bonds. The van der Waals surface area contributed by atoms with Crippen molar-refractivity contribution in [3.63, 3.8) is 0 Å². The Bertz CT molecular complexity index is 1390. The molecule has 1 aromatic heterocycles. The number of benzene rings is 2. The molecule has 188 valence electrons. The predicted octanol–water partition coefficient (Wildman–Crippen LogP) is 6.10. The first kappa shape index (κ1) is 24.9. The van der Waals surface area contributed by atoms with Crippen LogP contribution in [0.5, 0.6) is 0 Å². The van der Waals surface area contributed by atoms with Crippen LogP contribution in [-0.4, -0.2) is 43.1 Å². The largest absolute Gasteiger partial charge is 0.416 e. The van der Waals surface area contributed by atoms with Crippen molar-refractivity contribution in [1.82, 2.24) is 14.7 Å². The molecule has 36 heavy (non-hydrogen) atoms. The Morgan fingerprint density at radius 1 is 1.14 bits per heavy atom. The number of carbonyl (C=O) groups is 2. The third kappa shape index (κ3) is 4.77. The molecule has 1 N–H and O–H groups in total. The first-order valence-corrected chi connectivity index (χ1v) is 12.6. The van der Waals surface area contributed by atoms with Gasteiger partial charge in [0.2, 0.25) is 0 Å². The highest BCUT2D eigenvalue weighted by Gasteiger charge is 2.43. The van der Waals surface area contributed by atoms with Crippen molar-refractivity contribution >= 4 is 51.5 Å². The number of fused-ring (bicyclic) bond motifs is 1. The van der Waals surface area contributed by atoms with Crippen LogP contribution in [0.15, 0.2) is 47.5 Å². The quantitative estimate of drug-likeness (QED) is 0.409. The van der Waals surface area contributed by atoms with Gasteiger partial charge in [-0.25, -0.2) is 0 Å². The molecule has 0 bridgehead atoms. The van der Waals surface area contributed by atoms with Crippen molar-refractivity contribution in [3.8, 4) is 0 Å². The van der Waals surface area contributed by atoms with E-state index in [9.17, 15) is 27.9 Å². The Labute approximate surface area is 213 Å². The average molecular weight is 536 g/mol. The first-order chi connectivity index (χ1) is 17.1. The van der Waals surface area contributed by atoms with Crippen LogP contribution in [0.2, 0.25) is 5.02 Å². The molecule has 11 heteroatoms. The zero-order valence-electron chi connectivity index (χ0n) is 18.8. The predicted molar refractivity (Wildman–Crippen MR) is 131 cm³/mol. The maximum atomic E-state index is 13.5. The minimum atomic E-state index is -4.55. The van der Waals surface area contributed by atoms with E-state index in [0.29, 0.717) is 29.3 Å². The SMILES string of the molecule is O=C1S/C(=C\c2ccc3c(cnn3Cc3ccc(Cl)cc3C(F)(F)F)c2)C(=O)N1C1CCCC[C@@H]1O. The Hall–Kier alpha value is -2.82. The number of nitrogens with zero attached hydrogens (tertiary/aromatic N) is 3. The molecule has 0 spiro atoms. The molecule has 5 rings (SSSR count). The molecule has 1 aliphatic heterocycles. The number of thioether (sulfide) groups is 1. The minimum Gasteiger partial charge on any atom is -0.391 e. The van der Waals surface area contributed by atoms with Crippen LogP contribution in [0, 0.1) is 0 Å². The van der Waals surface area contributed by atoms with Crippen LogP contribution >= 0.6 is 23.4 Å². The normalized spacial score (nSPS) is 22.2. The molecule has 1 saturated carbocycles. The maximum Gasteiger partial charge on any atom is 0.416 e. The van der Waals surface area contributed by atoms with Crippen molar-refractivity contribution in [2.24, 2.45) is 0 Å². The van der Waals surface area contributed by atoms with Crippen molar-refractivity contribution < 1.29 is 27.9 Å². The van der Waals surface area contributed by atoms with E-state index in [1.807, 2.05) is 0 Å². The van der Waals surface area contributed by atoms with Gasteiger partial charge in [0.1, 0.15) is 0 Å². The number of imide groups is 1. The van der Waals surface area contributed by atoms with E-state index in [0.717, 1.165) is 30.7 Å². The summed E-state index contributed by atoms with van der Waals surface area (Å²) in [5, 5.41) is 14.8. The van der Waals surface area contributed by atoms with Gasteiger partial charge in [0.15, 0.2) is 0 Å². The molecule has 2 atom stereocenters. The highest BCUT2D eigenvalue weighted by atomic mass is 35.5. The Morgan fingerprint density at radius 3 is 2.67 bits per heavy atom. The highest BCUT2D eigenvalue weighted by molar-refractivity contribution is 8.18. The average Bonchev–Trinajstić information content (AvgIpc) is 3.34. The topological polar surface area (TPSA) is 75.4 Å². The van der Waals surface area contributed by atoms with Crippen LogP contribution in [0.25, 0.3) is 17.0 Å². The van der Waals surface area contributed by atoms with Gasteiger partial charge in [0.05, 0.1) is 40.9 Å². The van der Waals surface area contributed by atoms with Crippen LogP contribution in [0.4, 0.5) is 18.0 Å². The van der Waals surface area contributed by atoms with Gasteiger partial charge >= 0.3 is 6.18 Å². The lowest BCUT2D eigenvalue weighted by molar-refractivity contribution is -0.138. The Morgan fingerprint density at radius 2 is 1.92 bits per heavy atom. The summed E-state index contributed by atoms with van der Waals surface area (Å²) in [6.07, 6.45) is 0.752. The molecular weight excluding hydrogens is 515 g/mol. The van der Waals surface area contributed by atoms with E-state index in [1.165, 1.54) is 21.7 Å². The van der Waals surface area contributed by atoms with Gasteiger partial charge in [-0.3, -0.25) is 19.2 Å². The number of aliphatic hydroxyl groups is 1. The minimum absolute atomic E-state index is 0.00319. The second-order valence-corrected chi connectivity index (χ2v) is 10.3. The number of halogens is 4. The second-order valence-electron chi connectivity index (χ2n) is 8.89. The summed E-state index contributed by atoms with van der Waals surface area (Å²) in [7, 11) is 0. The molecule has 0 radical (unpaired) electrons. The zero-order chi connectivity index (χ0) is 25.6. The number of amides is 2. The fraction of sp³-hybridized carbons (Fsp3) is 0.320. The summed E-state index contributed by atoms with van der Waals surface area (Å²) in [6, 6.07) is 8.34. The van der Waals surface area contributed by atoms with E-state index < -0.39 is 35.0 Å². The van der Waals surface area contributed by atoms with Crippen molar-refractivity contribution in [3.05, 3.63) is 69.2 Å². The third-order valence-electron chi connectivity index (χ3n) is 6.51. The van der Waals surface area contributed by atoms with Crippen molar-refractivity contribution in [2.75, 3.05) is 0 Å². The van der Waals surface area contributed by atoms with E-state index >= 15 is 0 Å². The standard InChI is InChI=1S/C25H21ClF3N3O3S/c26-17-7-6-15(18(11-17)25(27,28)29)13-31-19-8-5-14(9-16(19)12-30-31)10-22-23(34)32(24(35)36-22)20-3-1-2-4-21(20)33/h5-12,20-21,33H,1-4,13H2/b22-10-/t20?,21-/m0/s1. The van der Waals surface area contributed by atoms with Gasteiger partial charge in [-0.1, -0.05) is 36.6 Å². The summed E-state index contributed by atoms with van der Waals surface area (Å²) in [5.41, 5.74) is 0.501. The van der Waals surface area contributed by atoms with Crippen LogP contribution in [0.3, 0.4) is 0 Å². The summed E-state index contributed by atoms with van der Waals surface area (Å²) in [5.74, 6) is -0.422. The van der Waals surface area contributed by atoms with Gasteiger partial charge in [-0.15, -0.1) is 0 Å². The van der Waals surface area contributed by atoms with Gasteiger partial charge in [-0.05, 0) is 66.1 Å².